The number of halogens is 1. The Morgan fingerprint density at radius 3 is 2.61 bits per heavy atom. The minimum Gasteiger partial charge on any atom is -0.493 e. The summed E-state index contributed by atoms with van der Waals surface area (Å²) in [6, 6.07) is 12.1. The number of aliphatic imine (C=N–C) groups is 1. The number of methoxy groups -OCH3 is 2. The molecule has 0 radical (unpaired) electrons. The Morgan fingerprint density at radius 1 is 1.16 bits per heavy atom. The molecular weight excluding hydrogens is 460 g/mol. The largest absolute Gasteiger partial charge is 0.493 e. The number of hydrogen-bond acceptors (Lipinski definition) is 6. The predicted molar refractivity (Wildman–Crippen MR) is 123 cm³/mol. The first-order chi connectivity index (χ1) is 14.8. The van der Waals surface area contributed by atoms with Gasteiger partial charge in [0, 0.05) is 5.25 Å². The average molecular weight is 481 g/mol. The van der Waals surface area contributed by atoms with Crippen molar-refractivity contribution >= 4 is 50.0 Å². The molecule has 2 heterocycles. The van der Waals surface area contributed by atoms with Crippen molar-refractivity contribution in [2.45, 2.75) is 17.7 Å². The summed E-state index contributed by atoms with van der Waals surface area (Å²) in [6.07, 6.45) is 0.0778. The first-order valence-corrected chi connectivity index (χ1v) is 12.6. The maximum atomic E-state index is 12.8. The van der Waals surface area contributed by atoms with Gasteiger partial charge in [0.25, 0.3) is 5.91 Å². The summed E-state index contributed by atoms with van der Waals surface area (Å²) >= 11 is 7.71. The summed E-state index contributed by atoms with van der Waals surface area (Å²) in [5.41, 5.74) is 1.39. The van der Waals surface area contributed by atoms with Crippen molar-refractivity contribution in [1.82, 2.24) is 0 Å². The smallest absolute Gasteiger partial charge is 0.252 e. The lowest BCUT2D eigenvalue weighted by Crippen LogP contribution is -2.38. The lowest BCUT2D eigenvalue weighted by Gasteiger charge is -2.25. The number of para-hydroxylation sites is 1. The van der Waals surface area contributed by atoms with Crippen LogP contribution < -0.4 is 14.4 Å². The fraction of sp³-hybridized carbons (Fsp3) is 0.333. The molecular formula is C21H21ClN2O5S2. The first kappa shape index (κ1) is 22.0. The minimum atomic E-state index is -3.15. The number of carbonyl (C=O) groups is 1. The second kappa shape index (κ2) is 8.72. The number of ether oxygens (including phenoxy) is 2. The molecule has 2 aliphatic heterocycles. The second-order valence-electron chi connectivity index (χ2n) is 7.28. The Morgan fingerprint density at radius 2 is 1.90 bits per heavy atom. The molecule has 2 aliphatic rings. The summed E-state index contributed by atoms with van der Waals surface area (Å²) in [6.45, 7) is 0. The summed E-state index contributed by atoms with van der Waals surface area (Å²) in [7, 11) is -0.0625. The first-order valence-electron chi connectivity index (χ1n) is 9.54. The second-order valence-corrected chi connectivity index (χ2v) is 11.0. The van der Waals surface area contributed by atoms with Crippen LogP contribution >= 0.6 is 23.4 Å². The van der Waals surface area contributed by atoms with E-state index in [1.807, 2.05) is 12.1 Å². The van der Waals surface area contributed by atoms with E-state index in [0.717, 1.165) is 5.56 Å². The molecule has 164 valence electrons. The molecule has 2 fully saturated rings. The molecule has 2 saturated heterocycles. The number of fused-ring (bicyclic) bond motifs is 1. The van der Waals surface area contributed by atoms with E-state index in [9.17, 15) is 13.2 Å². The fourth-order valence-electron chi connectivity index (χ4n) is 3.80. The van der Waals surface area contributed by atoms with Crippen LogP contribution in [0, 0.1) is 0 Å². The Bertz CT molecular complexity index is 1150. The number of carbonyl (C=O) groups excluding carboxylic acids is 1. The molecule has 2 aromatic rings. The Balaban J connectivity index is 1.63. The zero-order valence-corrected chi connectivity index (χ0v) is 19.3. The van der Waals surface area contributed by atoms with Crippen molar-refractivity contribution in [3.63, 3.8) is 0 Å². The minimum absolute atomic E-state index is 0.0127. The highest BCUT2D eigenvalue weighted by atomic mass is 35.5. The third kappa shape index (κ3) is 4.53. The van der Waals surface area contributed by atoms with Gasteiger partial charge >= 0.3 is 0 Å². The van der Waals surface area contributed by atoms with Crippen LogP contribution in [0.3, 0.4) is 0 Å². The van der Waals surface area contributed by atoms with Crippen LogP contribution in [0.5, 0.6) is 11.5 Å². The molecule has 31 heavy (non-hydrogen) atoms. The van der Waals surface area contributed by atoms with E-state index in [4.69, 9.17) is 21.1 Å². The van der Waals surface area contributed by atoms with Gasteiger partial charge in [0.1, 0.15) is 0 Å². The number of hydrogen-bond donors (Lipinski definition) is 0. The zero-order valence-electron chi connectivity index (χ0n) is 16.9. The molecule has 7 nitrogen and oxygen atoms in total. The summed E-state index contributed by atoms with van der Waals surface area (Å²) in [4.78, 5) is 18.9. The molecule has 0 bridgehead atoms. The molecule has 0 saturated carbocycles. The molecule has 0 aliphatic carbocycles. The van der Waals surface area contributed by atoms with E-state index in [1.165, 1.54) is 18.9 Å². The predicted octanol–water partition coefficient (Wildman–Crippen LogP) is 3.20. The molecule has 0 spiro atoms. The maximum absolute atomic E-state index is 12.8. The molecule has 10 heteroatoms. The number of benzene rings is 2. The Kier molecular flexibility index (Phi) is 6.18. The van der Waals surface area contributed by atoms with E-state index in [2.05, 4.69) is 4.99 Å². The van der Waals surface area contributed by atoms with Gasteiger partial charge in [-0.15, -0.1) is 0 Å². The summed E-state index contributed by atoms with van der Waals surface area (Å²) in [5, 5.41) is 0.769. The van der Waals surface area contributed by atoms with Crippen LogP contribution in [-0.2, 0) is 21.1 Å². The SMILES string of the molecule is COc1ccc(CC(=O)N=C2S[C@H]3CS(=O)(=O)C[C@@H]3N2c2ccccc2Cl)cc1OC. The van der Waals surface area contributed by atoms with Crippen molar-refractivity contribution in [1.29, 1.82) is 0 Å². The molecule has 0 N–H and O–H groups in total. The standard InChI is InChI=1S/C21H21ClN2O5S2/c1-28-17-8-7-13(9-18(17)29-2)10-20(25)23-21-24(15-6-4-3-5-14(15)22)16-11-31(26,27)12-19(16)30-21/h3-9,16,19H,10-12H2,1-2H3/t16-,19-/m0/s1. The summed E-state index contributed by atoms with van der Waals surface area (Å²) < 4.78 is 34.9. The summed E-state index contributed by atoms with van der Waals surface area (Å²) in [5.74, 6) is 0.850. The monoisotopic (exact) mass is 480 g/mol. The molecule has 0 unspecified atom stereocenters. The van der Waals surface area contributed by atoms with Gasteiger partial charge in [-0.25, -0.2) is 8.42 Å². The van der Waals surface area contributed by atoms with Crippen molar-refractivity contribution < 1.29 is 22.7 Å². The van der Waals surface area contributed by atoms with Crippen molar-refractivity contribution in [3.8, 4) is 11.5 Å². The lowest BCUT2D eigenvalue weighted by molar-refractivity contribution is -0.117. The van der Waals surface area contributed by atoms with Gasteiger partial charge in [0.15, 0.2) is 26.5 Å². The molecule has 4 rings (SSSR count). The van der Waals surface area contributed by atoms with Gasteiger partial charge in [0.2, 0.25) is 0 Å². The lowest BCUT2D eigenvalue weighted by atomic mass is 10.1. The van der Waals surface area contributed by atoms with Crippen LogP contribution in [-0.4, -0.2) is 56.5 Å². The van der Waals surface area contributed by atoms with Crippen LogP contribution in [0.2, 0.25) is 5.02 Å². The molecule has 0 aromatic heterocycles. The van der Waals surface area contributed by atoms with E-state index in [-0.39, 0.29) is 35.1 Å². The Labute approximate surface area is 190 Å². The van der Waals surface area contributed by atoms with Gasteiger partial charge in [0.05, 0.1) is 48.9 Å². The number of sulfone groups is 1. The third-order valence-electron chi connectivity index (χ3n) is 5.20. The number of anilines is 1. The van der Waals surface area contributed by atoms with E-state index in [1.54, 1.807) is 42.3 Å². The number of nitrogens with zero attached hydrogens (tertiary/aromatic N) is 2. The van der Waals surface area contributed by atoms with Crippen LogP contribution in [0.1, 0.15) is 5.56 Å². The number of amidine groups is 1. The van der Waals surface area contributed by atoms with Gasteiger partial charge in [-0.05, 0) is 29.8 Å². The number of rotatable bonds is 5. The fourth-order valence-corrected chi connectivity index (χ4v) is 7.96. The van der Waals surface area contributed by atoms with Gasteiger partial charge in [-0.3, -0.25) is 4.79 Å². The van der Waals surface area contributed by atoms with Crippen molar-refractivity contribution in [2.75, 3.05) is 30.6 Å². The number of thioether (sulfide) groups is 1. The van der Waals surface area contributed by atoms with Gasteiger partial charge in [-0.1, -0.05) is 41.6 Å². The maximum Gasteiger partial charge on any atom is 0.252 e. The normalized spacial score (nSPS) is 23.1. The molecule has 2 atom stereocenters. The third-order valence-corrected chi connectivity index (χ3v) is 8.73. The molecule has 1 amide bonds. The van der Waals surface area contributed by atoms with Crippen LogP contribution in [0.25, 0.3) is 0 Å². The van der Waals surface area contributed by atoms with Crippen molar-refractivity contribution in [3.05, 3.63) is 53.1 Å². The highest BCUT2D eigenvalue weighted by molar-refractivity contribution is 8.16. The van der Waals surface area contributed by atoms with Crippen molar-refractivity contribution in [2.24, 2.45) is 4.99 Å². The van der Waals surface area contributed by atoms with E-state index >= 15 is 0 Å². The van der Waals surface area contributed by atoms with E-state index in [0.29, 0.717) is 27.4 Å². The van der Waals surface area contributed by atoms with Crippen LogP contribution in [0.4, 0.5) is 5.69 Å². The topological polar surface area (TPSA) is 85.3 Å². The van der Waals surface area contributed by atoms with Gasteiger partial charge < -0.3 is 14.4 Å². The number of amides is 1. The van der Waals surface area contributed by atoms with E-state index < -0.39 is 9.84 Å². The Hall–Kier alpha value is -2.23. The molecule has 2 aromatic carbocycles. The highest BCUT2D eigenvalue weighted by Crippen LogP contribution is 2.43. The average Bonchev–Trinajstić information content (AvgIpc) is 3.19. The van der Waals surface area contributed by atoms with Gasteiger partial charge in [-0.2, -0.15) is 4.99 Å². The quantitative estimate of drug-likeness (QED) is 0.649. The van der Waals surface area contributed by atoms with Crippen LogP contribution in [0.15, 0.2) is 47.5 Å². The highest BCUT2D eigenvalue weighted by Gasteiger charge is 2.49. The zero-order chi connectivity index (χ0) is 22.2.